The number of anilines is 1. The lowest BCUT2D eigenvalue weighted by Gasteiger charge is -2.24. The number of nitrogens with one attached hydrogen (secondary N) is 1. The van der Waals surface area contributed by atoms with Crippen molar-refractivity contribution in [2.45, 2.75) is 13.3 Å². The maximum absolute atomic E-state index is 12.8. The standard InChI is InChI=1S/C21H24N4O2/c1-16(26)14-25(18-6-5-10-22-13-18)21(27)15-24(2)11-9-17-12-23-20-8-4-3-7-19(17)20/h3-8,10,12-13,23H,9,11,14-15H2,1-2H3. The van der Waals surface area contributed by atoms with Crippen molar-refractivity contribution in [3.8, 4) is 0 Å². The highest BCUT2D eigenvalue weighted by atomic mass is 16.2. The van der Waals surface area contributed by atoms with Crippen LogP contribution >= 0.6 is 0 Å². The van der Waals surface area contributed by atoms with Crippen LogP contribution in [0.5, 0.6) is 0 Å². The van der Waals surface area contributed by atoms with Crippen molar-refractivity contribution >= 4 is 28.3 Å². The van der Waals surface area contributed by atoms with Gasteiger partial charge < -0.3 is 9.88 Å². The Morgan fingerprint density at radius 3 is 2.67 bits per heavy atom. The van der Waals surface area contributed by atoms with Crippen molar-refractivity contribution in [1.82, 2.24) is 14.9 Å². The van der Waals surface area contributed by atoms with Crippen molar-refractivity contribution in [2.75, 3.05) is 31.6 Å². The quantitative estimate of drug-likeness (QED) is 0.667. The molecule has 140 valence electrons. The molecule has 0 unspecified atom stereocenters. The number of para-hydroxylation sites is 1. The molecule has 0 aliphatic rings. The minimum atomic E-state index is -0.111. The van der Waals surface area contributed by atoms with Crippen LogP contribution in [-0.4, -0.2) is 53.2 Å². The summed E-state index contributed by atoms with van der Waals surface area (Å²) in [5.74, 6) is -0.173. The molecule has 1 amide bonds. The molecule has 2 aromatic heterocycles. The second-order valence-corrected chi connectivity index (χ2v) is 6.74. The number of aromatic nitrogens is 2. The molecule has 0 spiro atoms. The number of hydrogen-bond acceptors (Lipinski definition) is 4. The van der Waals surface area contributed by atoms with Crippen molar-refractivity contribution in [2.24, 2.45) is 0 Å². The molecule has 0 aliphatic heterocycles. The number of hydrogen-bond donors (Lipinski definition) is 1. The number of amides is 1. The van der Waals surface area contributed by atoms with Gasteiger partial charge in [0, 0.05) is 29.8 Å². The summed E-state index contributed by atoms with van der Waals surface area (Å²) in [6.45, 7) is 2.53. The van der Waals surface area contributed by atoms with Crippen LogP contribution in [0.1, 0.15) is 12.5 Å². The third-order valence-corrected chi connectivity index (χ3v) is 4.48. The van der Waals surface area contributed by atoms with E-state index in [9.17, 15) is 9.59 Å². The molecule has 0 saturated heterocycles. The molecular weight excluding hydrogens is 340 g/mol. The zero-order valence-corrected chi connectivity index (χ0v) is 15.7. The molecule has 0 aliphatic carbocycles. The van der Waals surface area contributed by atoms with Gasteiger partial charge in [0.2, 0.25) is 5.91 Å². The number of ketones is 1. The molecule has 6 heteroatoms. The molecule has 2 heterocycles. The van der Waals surface area contributed by atoms with Gasteiger partial charge in [0.1, 0.15) is 5.78 Å². The fourth-order valence-electron chi connectivity index (χ4n) is 3.10. The number of benzene rings is 1. The number of pyridine rings is 1. The Morgan fingerprint density at radius 1 is 1.11 bits per heavy atom. The van der Waals surface area contributed by atoms with E-state index in [1.54, 1.807) is 24.5 Å². The van der Waals surface area contributed by atoms with E-state index in [0.29, 0.717) is 5.69 Å². The van der Waals surface area contributed by atoms with Crippen LogP contribution < -0.4 is 4.90 Å². The highest BCUT2D eigenvalue weighted by molar-refractivity contribution is 5.99. The van der Waals surface area contributed by atoms with Crippen LogP contribution in [0.15, 0.2) is 55.0 Å². The zero-order valence-electron chi connectivity index (χ0n) is 15.7. The van der Waals surface area contributed by atoms with E-state index >= 15 is 0 Å². The first kappa shape index (κ1) is 18.8. The summed E-state index contributed by atoms with van der Waals surface area (Å²) in [5, 5.41) is 1.21. The molecule has 1 N–H and O–H groups in total. The van der Waals surface area contributed by atoms with E-state index in [1.165, 1.54) is 22.8 Å². The van der Waals surface area contributed by atoms with Gasteiger partial charge in [0.25, 0.3) is 0 Å². The van der Waals surface area contributed by atoms with Crippen LogP contribution in [0.3, 0.4) is 0 Å². The molecule has 0 fully saturated rings. The summed E-state index contributed by atoms with van der Waals surface area (Å²) >= 11 is 0. The maximum Gasteiger partial charge on any atom is 0.241 e. The van der Waals surface area contributed by atoms with E-state index < -0.39 is 0 Å². The van der Waals surface area contributed by atoms with Gasteiger partial charge in [-0.1, -0.05) is 18.2 Å². The third kappa shape index (κ3) is 4.80. The highest BCUT2D eigenvalue weighted by Gasteiger charge is 2.19. The number of carbonyl (C=O) groups is 2. The molecule has 6 nitrogen and oxygen atoms in total. The Labute approximate surface area is 158 Å². The van der Waals surface area contributed by atoms with E-state index in [0.717, 1.165) is 18.5 Å². The van der Waals surface area contributed by atoms with Crippen molar-refractivity contribution in [3.05, 3.63) is 60.6 Å². The summed E-state index contributed by atoms with van der Waals surface area (Å²) in [5.41, 5.74) is 3.00. The van der Waals surface area contributed by atoms with Crippen LogP contribution in [-0.2, 0) is 16.0 Å². The minimum absolute atomic E-state index is 0.0564. The smallest absolute Gasteiger partial charge is 0.241 e. The van der Waals surface area contributed by atoms with Gasteiger partial charge in [-0.3, -0.25) is 19.5 Å². The Balaban J connectivity index is 1.62. The van der Waals surface area contributed by atoms with Gasteiger partial charge in [0.05, 0.1) is 25.0 Å². The number of nitrogens with zero attached hydrogens (tertiary/aromatic N) is 3. The van der Waals surface area contributed by atoms with Gasteiger partial charge in [-0.05, 0) is 44.2 Å². The van der Waals surface area contributed by atoms with Gasteiger partial charge in [-0.15, -0.1) is 0 Å². The lowest BCUT2D eigenvalue weighted by molar-refractivity contribution is -0.122. The molecule has 0 bridgehead atoms. The third-order valence-electron chi connectivity index (χ3n) is 4.48. The number of likely N-dealkylation sites (N-methyl/N-ethyl adjacent to an activating group) is 1. The summed E-state index contributed by atoms with van der Waals surface area (Å²) in [6, 6.07) is 11.7. The summed E-state index contributed by atoms with van der Waals surface area (Å²) in [6.07, 6.45) is 6.12. The first-order valence-corrected chi connectivity index (χ1v) is 8.98. The second kappa shape index (κ2) is 8.60. The molecule has 0 radical (unpaired) electrons. The fourth-order valence-corrected chi connectivity index (χ4v) is 3.10. The van der Waals surface area contributed by atoms with Crippen molar-refractivity contribution in [1.29, 1.82) is 0 Å². The van der Waals surface area contributed by atoms with E-state index in [-0.39, 0.29) is 24.8 Å². The maximum atomic E-state index is 12.8. The van der Waals surface area contributed by atoms with Crippen LogP contribution in [0.25, 0.3) is 10.9 Å². The van der Waals surface area contributed by atoms with E-state index in [4.69, 9.17) is 0 Å². The van der Waals surface area contributed by atoms with Gasteiger partial charge in [0.15, 0.2) is 0 Å². The summed E-state index contributed by atoms with van der Waals surface area (Å²) < 4.78 is 0. The molecule has 3 rings (SSSR count). The minimum Gasteiger partial charge on any atom is -0.361 e. The Hall–Kier alpha value is -2.99. The number of aromatic amines is 1. The average Bonchev–Trinajstić information content (AvgIpc) is 3.08. The number of fused-ring (bicyclic) bond motifs is 1. The second-order valence-electron chi connectivity index (χ2n) is 6.74. The number of Topliss-reactive ketones (excluding diaryl/α,β-unsaturated/α-hetero) is 1. The number of carbonyl (C=O) groups excluding carboxylic acids is 2. The first-order valence-electron chi connectivity index (χ1n) is 8.98. The van der Waals surface area contributed by atoms with Crippen LogP contribution in [0, 0.1) is 0 Å². The Bertz CT molecular complexity index is 920. The van der Waals surface area contributed by atoms with Crippen molar-refractivity contribution < 1.29 is 9.59 Å². The Morgan fingerprint density at radius 2 is 1.93 bits per heavy atom. The summed E-state index contributed by atoms with van der Waals surface area (Å²) in [7, 11) is 1.92. The lowest BCUT2D eigenvalue weighted by atomic mass is 10.1. The molecule has 27 heavy (non-hydrogen) atoms. The zero-order chi connectivity index (χ0) is 19.2. The topological polar surface area (TPSA) is 69.3 Å². The average molecular weight is 364 g/mol. The van der Waals surface area contributed by atoms with E-state index in [1.807, 2.05) is 30.3 Å². The SMILES string of the molecule is CC(=O)CN(C(=O)CN(C)CCc1c[nH]c2ccccc12)c1cccnc1. The monoisotopic (exact) mass is 364 g/mol. The predicted molar refractivity (Wildman–Crippen MR) is 107 cm³/mol. The van der Waals surface area contributed by atoms with Gasteiger partial charge in [-0.2, -0.15) is 0 Å². The number of rotatable bonds is 8. The normalized spacial score (nSPS) is 11.1. The molecule has 3 aromatic rings. The van der Waals surface area contributed by atoms with Crippen LogP contribution in [0.4, 0.5) is 5.69 Å². The highest BCUT2D eigenvalue weighted by Crippen LogP contribution is 2.18. The van der Waals surface area contributed by atoms with Gasteiger partial charge >= 0.3 is 0 Å². The van der Waals surface area contributed by atoms with Gasteiger partial charge in [-0.25, -0.2) is 0 Å². The van der Waals surface area contributed by atoms with Crippen molar-refractivity contribution in [3.63, 3.8) is 0 Å². The largest absolute Gasteiger partial charge is 0.361 e. The molecule has 0 atom stereocenters. The van der Waals surface area contributed by atoms with E-state index in [2.05, 4.69) is 22.1 Å². The predicted octanol–water partition coefficient (Wildman–Crippen LogP) is 2.66. The van der Waals surface area contributed by atoms with Crippen LogP contribution in [0.2, 0.25) is 0 Å². The molecule has 1 aromatic carbocycles. The Kier molecular flexibility index (Phi) is 5.98. The molecule has 0 saturated carbocycles. The lowest BCUT2D eigenvalue weighted by Crippen LogP contribution is -2.42. The fraction of sp³-hybridized carbons (Fsp3) is 0.286. The summed E-state index contributed by atoms with van der Waals surface area (Å²) in [4.78, 5) is 35.2. The number of H-pyrrole nitrogens is 1. The molecular formula is C21H24N4O2. The first-order chi connectivity index (χ1) is 13.0.